The quantitative estimate of drug-likeness (QED) is 0.397. The van der Waals surface area contributed by atoms with Crippen LogP contribution in [0.25, 0.3) is 0 Å². The second-order valence-corrected chi connectivity index (χ2v) is 12.3. The number of carbonyl (C=O) groups is 2. The number of likely N-dealkylation sites (tertiary alicyclic amines) is 3. The molecule has 0 bridgehead atoms. The molecule has 3 fully saturated rings. The van der Waals surface area contributed by atoms with Crippen molar-refractivity contribution in [2.45, 2.75) is 31.7 Å². The number of halogens is 1. The zero-order valence-corrected chi connectivity index (χ0v) is 23.8. The molecule has 0 unspecified atom stereocenters. The van der Waals surface area contributed by atoms with Gasteiger partial charge in [0.25, 0.3) is 5.91 Å². The largest absolute Gasteiger partial charge is 0.338 e. The first-order valence-corrected chi connectivity index (χ1v) is 14.8. The summed E-state index contributed by atoms with van der Waals surface area (Å²) in [6, 6.07) is 22.5. The van der Waals surface area contributed by atoms with Crippen molar-refractivity contribution in [3.8, 4) is 0 Å². The Hall–Kier alpha value is -3.03. The van der Waals surface area contributed by atoms with Gasteiger partial charge in [-0.2, -0.15) is 0 Å². The summed E-state index contributed by atoms with van der Waals surface area (Å²) in [4.78, 5) is 37.5. The molecule has 3 saturated heterocycles. The van der Waals surface area contributed by atoms with Gasteiger partial charge in [0.05, 0.1) is 5.41 Å². The Kier molecular flexibility index (Phi) is 7.54. The highest BCUT2D eigenvalue weighted by Crippen LogP contribution is 2.43. The predicted octanol–water partition coefficient (Wildman–Crippen LogP) is 5.21. The Bertz CT molecular complexity index is 1290. The zero-order valence-electron chi connectivity index (χ0n) is 22.2. The normalized spacial score (nSPS) is 23.1. The maximum absolute atomic E-state index is 13.5. The van der Waals surface area contributed by atoms with Crippen LogP contribution in [0.5, 0.6) is 0 Å². The molecule has 2 atom stereocenters. The summed E-state index contributed by atoms with van der Waals surface area (Å²) in [5.74, 6) is 1.09. The number of amides is 2. The van der Waals surface area contributed by atoms with Gasteiger partial charge in [-0.3, -0.25) is 14.6 Å². The molecular weight excluding hydrogens is 552 g/mol. The lowest BCUT2D eigenvalue weighted by molar-refractivity contribution is -0.139. The van der Waals surface area contributed by atoms with Crippen LogP contribution in [-0.2, 0) is 11.3 Å². The molecule has 6 rings (SSSR count). The third kappa shape index (κ3) is 5.52. The summed E-state index contributed by atoms with van der Waals surface area (Å²) in [6.07, 6.45) is 6.17. The van der Waals surface area contributed by atoms with Gasteiger partial charge in [-0.25, -0.2) is 0 Å². The molecule has 4 heterocycles. The van der Waals surface area contributed by atoms with Crippen molar-refractivity contribution < 1.29 is 9.59 Å². The molecule has 6 nitrogen and oxygen atoms in total. The predicted molar refractivity (Wildman–Crippen MR) is 155 cm³/mol. The molecule has 7 heteroatoms. The molecule has 202 valence electrons. The van der Waals surface area contributed by atoms with Crippen LogP contribution < -0.4 is 0 Å². The van der Waals surface area contributed by atoms with E-state index in [2.05, 4.69) is 73.2 Å². The molecule has 39 heavy (non-hydrogen) atoms. The monoisotopic (exact) mass is 586 g/mol. The van der Waals surface area contributed by atoms with E-state index >= 15 is 0 Å². The maximum atomic E-state index is 13.5. The van der Waals surface area contributed by atoms with Crippen LogP contribution in [0, 0.1) is 11.3 Å². The van der Waals surface area contributed by atoms with Gasteiger partial charge in [0.15, 0.2) is 0 Å². The number of nitrogens with zero attached hydrogens (tertiary/aromatic N) is 4. The van der Waals surface area contributed by atoms with Crippen LogP contribution in [0.2, 0.25) is 0 Å². The molecule has 0 saturated carbocycles. The summed E-state index contributed by atoms with van der Waals surface area (Å²) in [5, 5.41) is 0. The Morgan fingerprint density at radius 2 is 1.59 bits per heavy atom. The van der Waals surface area contributed by atoms with E-state index in [4.69, 9.17) is 0 Å². The van der Waals surface area contributed by atoms with Crippen LogP contribution >= 0.6 is 15.9 Å². The molecule has 2 aromatic carbocycles. The topological polar surface area (TPSA) is 56.8 Å². The lowest BCUT2D eigenvalue weighted by atomic mass is 9.76. The van der Waals surface area contributed by atoms with E-state index in [1.807, 2.05) is 17.0 Å². The van der Waals surface area contributed by atoms with E-state index in [1.54, 1.807) is 24.5 Å². The summed E-state index contributed by atoms with van der Waals surface area (Å²) in [7, 11) is 0. The fourth-order valence-corrected chi connectivity index (χ4v) is 7.05. The molecule has 1 aromatic heterocycles. The minimum atomic E-state index is -0.205. The molecule has 0 radical (unpaired) electrons. The van der Waals surface area contributed by atoms with Gasteiger partial charge in [-0.05, 0) is 73.7 Å². The van der Waals surface area contributed by atoms with E-state index in [0.717, 1.165) is 63.0 Å². The van der Waals surface area contributed by atoms with Crippen molar-refractivity contribution in [1.29, 1.82) is 0 Å². The van der Waals surface area contributed by atoms with Crippen molar-refractivity contribution in [2.24, 2.45) is 11.3 Å². The number of benzene rings is 2. The molecule has 0 aliphatic carbocycles. The molecule has 3 aliphatic rings. The number of piperidine rings is 1. The van der Waals surface area contributed by atoms with Crippen molar-refractivity contribution in [3.05, 3.63) is 100 Å². The highest BCUT2D eigenvalue weighted by Gasteiger charge is 2.48. The lowest BCUT2D eigenvalue weighted by Gasteiger charge is -2.39. The molecular formula is C32H35BrN4O2. The summed E-state index contributed by atoms with van der Waals surface area (Å²) in [6.45, 7) is 5.85. The third-order valence-corrected chi connectivity index (χ3v) is 9.61. The lowest BCUT2D eigenvalue weighted by Crippen LogP contribution is -2.46. The van der Waals surface area contributed by atoms with Gasteiger partial charge >= 0.3 is 0 Å². The van der Waals surface area contributed by atoms with Crippen LogP contribution in [0.15, 0.2) is 83.6 Å². The van der Waals surface area contributed by atoms with E-state index in [1.165, 1.54) is 11.1 Å². The standard InChI is InChI=1S/C32H35BrN4O2/c33-28-8-6-24(7-9-28)20-36-19-14-32(31(36)39)12-17-35(18-13-32)21-27-22-37(30(38)26-10-15-34-16-11-26)23-29(27)25-4-2-1-3-5-25/h1-11,15-16,27,29H,12-14,17-23H2/t27-,29+/m0/s1. The number of rotatable bonds is 6. The number of hydrogen-bond acceptors (Lipinski definition) is 4. The van der Waals surface area contributed by atoms with Crippen molar-refractivity contribution in [1.82, 2.24) is 19.7 Å². The Balaban J connectivity index is 1.10. The Morgan fingerprint density at radius 1 is 0.897 bits per heavy atom. The van der Waals surface area contributed by atoms with Crippen LogP contribution in [0.1, 0.15) is 46.7 Å². The van der Waals surface area contributed by atoms with Gasteiger partial charge in [-0.15, -0.1) is 0 Å². The SMILES string of the molecule is O=C(c1ccncc1)N1C[C@H](CN2CCC3(CC2)CCN(Cc2ccc(Br)cc2)C3=O)[C@@H](c2ccccc2)C1. The van der Waals surface area contributed by atoms with E-state index in [-0.39, 0.29) is 11.3 Å². The summed E-state index contributed by atoms with van der Waals surface area (Å²) < 4.78 is 1.06. The van der Waals surface area contributed by atoms with E-state index in [9.17, 15) is 9.59 Å². The van der Waals surface area contributed by atoms with Gasteiger partial charge in [-0.1, -0.05) is 58.4 Å². The zero-order chi connectivity index (χ0) is 26.8. The number of pyridine rings is 1. The third-order valence-electron chi connectivity index (χ3n) is 9.08. The second-order valence-electron chi connectivity index (χ2n) is 11.4. The van der Waals surface area contributed by atoms with Crippen molar-refractivity contribution in [2.75, 3.05) is 39.3 Å². The second kappa shape index (κ2) is 11.2. The highest BCUT2D eigenvalue weighted by atomic mass is 79.9. The smallest absolute Gasteiger partial charge is 0.253 e. The minimum Gasteiger partial charge on any atom is -0.338 e. The highest BCUT2D eigenvalue weighted by molar-refractivity contribution is 9.10. The maximum Gasteiger partial charge on any atom is 0.253 e. The summed E-state index contributed by atoms with van der Waals surface area (Å²) in [5.41, 5.74) is 2.98. The summed E-state index contributed by atoms with van der Waals surface area (Å²) >= 11 is 3.50. The molecule has 1 spiro atoms. The fourth-order valence-electron chi connectivity index (χ4n) is 6.79. The van der Waals surface area contributed by atoms with Crippen molar-refractivity contribution >= 4 is 27.7 Å². The average molecular weight is 588 g/mol. The number of aromatic nitrogens is 1. The first-order chi connectivity index (χ1) is 19.0. The van der Waals surface area contributed by atoms with Crippen LogP contribution in [-0.4, -0.2) is 70.8 Å². The molecule has 2 amide bonds. The Labute approximate surface area is 239 Å². The van der Waals surface area contributed by atoms with Gasteiger partial charge in [0.1, 0.15) is 0 Å². The van der Waals surface area contributed by atoms with Crippen molar-refractivity contribution in [3.63, 3.8) is 0 Å². The minimum absolute atomic E-state index is 0.0841. The van der Waals surface area contributed by atoms with E-state index < -0.39 is 0 Å². The molecule has 3 aromatic rings. The van der Waals surface area contributed by atoms with Gasteiger partial charge < -0.3 is 14.7 Å². The number of hydrogen-bond donors (Lipinski definition) is 0. The first-order valence-electron chi connectivity index (χ1n) is 14.0. The van der Waals surface area contributed by atoms with Crippen LogP contribution in [0.3, 0.4) is 0 Å². The molecule has 3 aliphatic heterocycles. The van der Waals surface area contributed by atoms with Crippen LogP contribution in [0.4, 0.5) is 0 Å². The molecule has 0 N–H and O–H groups in total. The Morgan fingerprint density at radius 3 is 2.31 bits per heavy atom. The average Bonchev–Trinajstić information content (AvgIpc) is 3.53. The number of carbonyl (C=O) groups excluding carboxylic acids is 2. The van der Waals surface area contributed by atoms with Gasteiger partial charge in [0.2, 0.25) is 5.91 Å². The first kappa shape index (κ1) is 26.2. The van der Waals surface area contributed by atoms with Gasteiger partial charge in [0, 0.05) is 61.1 Å². The fraction of sp³-hybridized carbons (Fsp3) is 0.406. The van der Waals surface area contributed by atoms with E-state index in [0.29, 0.717) is 29.9 Å².